The van der Waals surface area contributed by atoms with Gasteiger partial charge in [0.25, 0.3) is 5.89 Å². The molecule has 1 aliphatic carbocycles. The highest BCUT2D eigenvalue weighted by atomic mass is 16.4. The average Bonchev–Trinajstić information content (AvgIpc) is 2.86. The summed E-state index contributed by atoms with van der Waals surface area (Å²) in [5.41, 5.74) is 0. The van der Waals surface area contributed by atoms with Crippen molar-refractivity contribution in [2.45, 2.75) is 25.4 Å². The van der Waals surface area contributed by atoms with Crippen LogP contribution in [0.25, 0.3) is 11.7 Å². The van der Waals surface area contributed by atoms with E-state index < -0.39 is 5.76 Å². The summed E-state index contributed by atoms with van der Waals surface area (Å²) in [4.78, 5) is 23.0. The van der Waals surface area contributed by atoms with Crippen molar-refractivity contribution >= 4 is 5.91 Å². The van der Waals surface area contributed by atoms with Crippen molar-refractivity contribution in [2.75, 3.05) is 0 Å². The second-order valence-corrected chi connectivity index (χ2v) is 4.15. The molecule has 0 spiro atoms. The maximum Gasteiger partial charge on any atom is 0.437 e. The van der Waals surface area contributed by atoms with E-state index in [1.165, 1.54) is 6.26 Å². The van der Waals surface area contributed by atoms with Gasteiger partial charge in [-0.25, -0.2) is 4.79 Å². The first-order valence-electron chi connectivity index (χ1n) is 5.63. The number of rotatable bonds is 4. The highest BCUT2D eigenvalue weighted by Gasteiger charge is 2.24. The molecule has 2 aromatic rings. The first-order chi connectivity index (χ1) is 8.72. The second-order valence-electron chi connectivity index (χ2n) is 4.15. The maximum atomic E-state index is 11.5. The topological polar surface area (TPSA) is 90.3 Å². The lowest BCUT2D eigenvalue weighted by Gasteiger charge is -2.00. The van der Waals surface area contributed by atoms with E-state index >= 15 is 0 Å². The molecule has 1 amide bonds. The summed E-state index contributed by atoms with van der Waals surface area (Å²) < 4.78 is 10.9. The van der Waals surface area contributed by atoms with Crippen LogP contribution in [0.5, 0.6) is 0 Å². The summed E-state index contributed by atoms with van der Waals surface area (Å²) >= 11 is 0. The Morgan fingerprint density at radius 2 is 2.39 bits per heavy atom. The van der Waals surface area contributed by atoms with Crippen LogP contribution in [0.2, 0.25) is 0 Å². The fraction of sp³-hybridized carbons (Fsp3) is 0.364. The van der Waals surface area contributed by atoms with Gasteiger partial charge in [0.1, 0.15) is 6.54 Å². The number of hydrogen-bond donors (Lipinski definition) is 1. The van der Waals surface area contributed by atoms with Crippen molar-refractivity contribution in [3.63, 3.8) is 0 Å². The van der Waals surface area contributed by atoms with Gasteiger partial charge in [-0.3, -0.25) is 4.79 Å². The fourth-order valence-electron chi connectivity index (χ4n) is 1.54. The van der Waals surface area contributed by atoms with Crippen LogP contribution in [-0.4, -0.2) is 21.7 Å². The van der Waals surface area contributed by atoms with Gasteiger partial charge >= 0.3 is 5.76 Å². The van der Waals surface area contributed by atoms with Crippen LogP contribution in [0.1, 0.15) is 12.8 Å². The number of carbonyl (C=O) groups excluding carboxylic acids is 1. The molecule has 0 aliphatic heterocycles. The Labute approximate surface area is 101 Å². The molecule has 3 rings (SSSR count). The minimum Gasteiger partial charge on any atom is -0.459 e. The zero-order valence-corrected chi connectivity index (χ0v) is 9.46. The van der Waals surface area contributed by atoms with Gasteiger partial charge in [0.05, 0.1) is 6.26 Å². The third-order valence-corrected chi connectivity index (χ3v) is 2.57. The molecule has 0 saturated heterocycles. The molecule has 0 unspecified atom stereocenters. The molecule has 1 N–H and O–H groups in total. The molecule has 1 fully saturated rings. The number of hydrogen-bond acceptors (Lipinski definition) is 5. The Balaban J connectivity index is 1.76. The van der Waals surface area contributed by atoms with Gasteiger partial charge in [0.2, 0.25) is 5.91 Å². The van der Waals surface area contributed by atoms with Crippen molar-refractivity contribution in [1.29, 1.82) is 0 Å². The average molecular weight is 249 g/mol. The molecule has 0 atom stereocenters. The Morgan fingerprint density at radius 1 is 1.56 bits per heavy atom. The summed E-state index contributed by atoms with van der Waals surface area (Å²) in [7, 11) is 0. The van der Waals surface area contributed by atoms with Crippen molar-refractivity contribution < 1.29 is 13.6 Å². The quantitative estimate of drug-likeness (QED) is 0.845. The first kappa shape index (κ1) is 10.8. The van der Waals surface area contributed by atoms with Crippen molar-refractivity contribution in [3.8, 4) is 11.7 Å². The highest BCUT2D eigenvalue weighted by Crippen LogP contribution is 2.18. The second kappa shape index (κ2) is 4.17. The van der Waals surface area contributed by atoms with Crippen LogP contribution in [0.3, 0.4) is 0 Å². The predicted octanol–water partition coefficient (Wildman–Crippen LogP) is 0.375. The van der Waals surface area contributed by atoms with Gasteiger partial charge in [-0.1, -0.05) is 0 Å². The molecular weight excluding hydrogens is 238 g/mol. The summed E-state index contributed by atoms with van der Waals surface area (Å²) in [6.07, 6.45) is 3.45. The van der Waals surface area contributed by atoms with E-state index in [9.17, 15) is 9.59 Å². The molecule has 0 aromatic carbocycles. The predicted molar refractivity (Wildman–Crippen MR) is 59.6 cm³/mol. The molecule has 7 heteroatoms. The van der Waals surface area contributed by atoms with Gasteiger partial charge in [-0.15, -0.1) is 5.10 Å². The van der Waals surface area contributed by atoms with Crippen LogP contribution >= 0.6 is 0 Å². The lowest BCUT2D eigenvalue weighted by molar-refractivity contribution is -0.122. The van der Waals surface area contributed by atoms with Gasteiger partial charge in [-0.05, 0) is 25.0 Å². The van der Waals surface area contributed by atoms with Crippen LogP contribution < -0.4 is 11.1 Å². The normalized spacial score (nSPS) is 14.7. The first-order valence-corrected chi connectivity index (χ1v) is 5.63. The summed E-state index contributed by atoms with van der Waals surface area (Å²) in [5.74, 6) is -0.482. The molecule has 2 heterocycles. The largest absolute Gasteiger partial charge is 0.459 e. The minimum atomic E-state index is -0.674. The van der Waals surface area contributed by atoms with Crippen LogP contribution in [-0.2, 0) is 11.3 Å². The maximum absolute atomic E-state index is 11.5. The minimum absolute atomic E-state index is 0.0734. The van der Waals surface area contributed by atoms with E-state index in [1.54, 1.807) is 12.1 Å². The van der Waals surface area contributed by atoms with Crippen molar-refractivity contribution in [3.05, 3.63) is 28.9 Å². The molecule has 7 nitrogen and oxygen atoms in total. The van der Waals surface area contributed by atoms with Gasteiger partial charge < -0.3 is 14.2 Å². The van der Waals surface area contributed by atoms with E-state index in [2.05, 4.69) is 10.4 Å². The third kappa shape index (κ3) is 2.20. The highest BCUT2D eigenvalue weighted by molar-refractivity contribution is 5.76. The number of nitrogens with one attached hydrogen (secondary N) is 1. The number of nitrogens with zero attached hydrogens (tertiary/aromatic N) is 2. The molecular formula is C11H11N3O4. The molecule has 2 aromatic heterocycles. The Morgan fingerprint density at radius 3 is 3.06 bits per heavy atom. The lowest BCUT2D eigenvalue weighted by atomic mass is 10.5. The monoisotopic (exact) mass is 249 g/mol. The third-order valence-electron chi connectivity index (χ3n) is 2.57. The Bertz CT molecular complexity index is 607. The lowest BCUT2D eigenvalue weighted by Crippen LogP contribution is -2.32. The molecule has 94 valence electrons. The molecule has 0 bridgehead atoms. The van der Waals surface area contributed by atoms with Gasteiger partial charge in [0.15, 0.2) is 5.76 Å². The Hall–Kier alpha value is -2.31. The van der Waals surface area contributed by atoms with E-state index in [0.717, 1.165) is 17.5 Å². The standard InChI is InChI=1S/C11H11N3O4/c15-9(12-7-3-4-7)6-14-11(16)18-10(13-14)8-2-1-5-17-8/h1-2,5,7H,3-4,6H2,(H,12,15). The number of furan rings is 1. The zero-order chi connectivity index (χ0) is 12.5. The van der Waals surface area contributed by atoms with Crippen molar-refractivity contribution in [2.24, 2.45) is 0 Å². The smallest absolute Gasteiger partial charge is 0.437 e. The molecule has 1 saturated carbocycles. The van der Waals surface area contributed by atoms with E-state index in [-0.39, 0.29) is 24.4 Å². The molecule has 1 aliphatic rings. The number of amides is 1. The number of aromatic nitrogens is 2. The number of carbonyl (C=O) groups is 1. The van der Waals surface area contributed by atoms with Crippen LogP contribution in [0.4, 0.5) is 0 Å². The summed E-state index contributed by atoms with van der Waals surface area (Å²) in [6.45, 7) is -0.139. The molecule has 18 heavy (non-hydrogen) atoms. The van der Waals surface area contributed by atoms with Gasteiger partial charge in [0, 0.05) is 6.04 Å². The zero-order valence-electron chi connectivity index (χ0n) is 9.46. The Kier molecular flexibility index (Phi) is 2.51. The van der Waals surface area contributed by atoms with Gasteiger partial charge in [-0.2, -0.15) is 4.68 Å². The summed E-state index contributed by atoms with van der Waals surface area (Å²) in [6, 6.07) is 3.54. The van der Waals surface area contributed by atoms with Crippen molar-refractivity contribution in [1.82, 2.24) is 15.1 Å². The summed E-state index contributed by atoms with van der Waals surface area (Å²) in [5, 5.41) is 6.67. The fourth-order valence-corrected chi connectivity index (χ4v) is 1.54. The molecule has 0 radical (unpaired) electrons. The van der Waals surface area contributed by atoms with E-state index in [4.69, 9.17) is 8.83 Å². The van der Waals surface area contributed by atoms with Crippen LogP contribution in [0.15, 0.2) is 32.0 Å². The van der Waals surface area contributed by atoms with Crippen LogP contribution in [0, 0.1) is 0 Å². The van der Waals surface area contributed by atoms with E-state index in [0.29, 0.717) is 5.76 Å². The SMILES string of the molecule is O=C(Cn1nc(-c2ccco2)oc1=O)NC1CC1. The van der Waals surface area contributed by atoms with E-state index in [1.807, 2.05) is 0 Å².